The first-order valence-corrected chi connectivity index (χ1v) is 4.90. The Hall–Kier alpha value is -0.430. The molecule has 0 saturated carbocycles. The molecule has 1 aromatic heterocycles. The van der Waals surface area contributed by atoms with Gasteiger partial charge < -0.3 is 0 Å². The van der Waals surface area contributed by atoms with Crippen molar-refractivity contribution in [3.05, 3.63) is 22.2 Å². The first-order chi connectivity index (χ1) is 6.24. The Morgan fingerprint density at radius 3 is 2.85 bits per heavy atom. The van der Waals surface area contributed by atoms with Crippen molar-refractivity contribution >= 4 is 35.8 Å². The Labute approximate surface area is 92.1 Å². The van der Waals surface area contributed by atoms with Gasteiger partial charge in [-0.05, 0) is 11.6 Å². The summed E-state index contributed by atoms with van der Waals surface area (Å²) in [5.41, 5.74) is 0.591. The normalized spacial score (nSPS) is 9.15. The highest BCUT2D eigenvalue weighted by atomic mass is 35.5. The summed E-state index contributed by atoms with van der Waals surface area (Å²) in [5.74, 6) is 6.43. The maximum absolute atomic E-state index is 5.75. The predicted octanol–water partition coefficient (Wildman–Crippen LogP) is 2.45. The van der Waals surface area contributed by atoms with Crippen LogP contribution in [0, 0.1) is 11.8 Å². The molecule has 0 amide bonds. The quantitative estimate of drug-likeness (QED) is 0.349. The van der Waals surface area contributed by atoms with Gasteiger partial charge in [0, 0.05) is 18.4 Å². The van der Waals surface area contributed by atoms with Gasteiger partial charge in [0.05, 0.1) is 5.56 Å². The fourth-order valence-electron chi connectivity index (χ4n) is 0.639. The molecule has 1 rings (SSSR count). The van der Waals surface area contributed by atoms with Gasteiger partial charge in [-0.15, -0.1) is 0 Å². The number of nitrogens with zero attached hydrogens (tertiary/aromatic N) is 2. The third-order valence-corrected chi connectivity index (χ3v) is 1.87. The summed E-state index contributed by atoms with van der Waals surface area (Å²) >= 11 is 15.3. The van der Waals surface area contributed by atoms with Gasteiger partial charge in [0.15, 0.2) is 0 Å². The molecule has 5 heteroatoms. The van der Waals surface area contributed by atoms with Crippen LogP contribution in [0.4, 0.5) is 0 Å². The highest BCUT2D eigenvalue weighted by Gasteiger charge is 1.99. The fraction of sp³-hybridized carbons (Fsp3) is 0.250. The summed E-state index contributed by atoms with van der Waals surface area (Å²) in [5, 5.41) is 0.413. The van der Waals surface area contributed by atoms with Gasteiger partial charge >= 0.3 is 0 Å². The van der Waals surface area contributed by atoms with Crippen molar-refractivity contribution in [3.8, 4) is 11.8 Å². The molecule has 0 bridgehead atoms. The van der Waals surface area contributed by atoms with E-state index in [0.29, 0.717) is 12.0 Å². The number of halogens is 2. The second kappa shape index (κ2) is 5.33. The Bertz CT molecular complexity index is 357. The van der Waals surface area contributed by atoms with Gasteiger partial charge in [-0.2, -0.15) is 12.6 Å². The minimum Gasteiger partial charge on any atom is -0.225 e. The van der Waals surface area contributed by atoms with Crippen molar-refractivity contribution in [1.29, 1.82) is 0 Å². The molecule has 1 heterocycles. The second-order valence-corrected chi connectivity index (χ2v) is 3.26. The van der Waals surface area contributed by atoms with E-state index in [-0.39, 0.29) is 10.4 Å². The summed E-state index contributed by atoms with van der Waals surface area (Å²) in [6.45, 7) is 0. The Balaban J connectivity index is 2.85. The molecule has 0 N–H and O–H groups in total. The van der Waals surface area contributed by atoms with Crippen LogP contribution < -0.4 is 0 Å². The molecular weight excluding hydrogens is 227 g/mol. The van der Waals surface area contributed by atoms with Crippen LogP contribution in [0.25, 0.3) is 0 Å². The largest absolute Gasteiger partial charge is 0.225 e. The molecule has 0 spiro atoms. The van der Waals surface area contributed by atoms with Crippen molar-refractivity contribution in [2.75, 3.05) is 5.75 Å². The zero-order chi connectivity index (χ0) is 9.68. The summed E-state index contributed by atoms with van der Waals surface area (Å²) in [7, 11) is 0. The molecule has 13 heavy (non-hydrogen) atoms. The van der Waals surface area contributed by atoms with Gasteiger partial charge in [-0.3, -0.25) is 0 Å². The van der Waals surface area contributed by atoms with Crippen molar-refractivity contribution in [3.63, 3.8) is 0 Å². The minimum atomic E-state index is 0.129. The highest BCUT2D eigenvalue weighted by molar-refractivity contribution is 7.80. The number of rotatable bonds is 1. The first kappa shape index (κ1) is 10.6. The maximum Gasteiger partial charge on any atom is 0.223 e. The second-order valence-electron chi connectivity index (χ2n) is 2.12. The third kappa shape index (κ3) is 3.43. The van der Waals surface area contributed by atoms with E-state index >= 15 is 0 Å². The van der Waals surface area contributed by atoms with Crippen molar-refractivity contribution < 1.29 is 0 Å². The molecule has 0 saturated heterocycles. The van der Waals surface area contributed by atoms with E-state index < -0.39 is 0 Å². The molecule has 2 nitrogen and oxygen atoms in total. The van der Waals surface area contributed by atoms with Crippen LogP contribution in [0.2, 0.25) is 10.4 Å². The van der Waals surface area contributed by atoms with Gasteiger partial charge in [-0.25, -0.2) is 9.97 Å². The standard InChI is InChI=1S/C8H6Cl2N2S/c9-7-6(3-1-2-4-13)5-11-8(10)12-7/h5,13H,2,4H2. The van der Waals surface area contributed by atoms with Gasteiger partial charge in [0.25, 0.3) is 0 Å². The molecule has 1 aromatic rings. The molecule has 0 aliphatic heterocycles. The molecule has 0 aromatic carbocycles. The molecule has 0 radical (unpaired) electrons. The smallest absolute Gasteiger partial charge is 0.223 e. The lowest BCUT2D eigenvalue weighted by Crippen LogP contribution is -1.86. The SMILES string of the molecule is SCCC#Cc1cnc(Cl)nc1Cl. The lowest BCUT2D eigenvalue weighted by Gasteiger charge is -1.93. The summed E-state index contributed by atoms with van der Waals surface area (Å²) < 4.78 is 0. The van der Waals surface area contributed by atoms with E-state index in [1.54, 1.807) is 0 Å². The molecule has 0 atom stereocenters. The van der Waals surface area contributed by atoms with Crippen LogP contribution in [0.3, 0.4) is 0 Å². The third-order valence-electron chi connectivity index (χ3n) is 1.17. The summed E-state index contributed by atoms with van der Waals surface area (Å²) in [6.07, 6.45) is 2.21. The van der Waals surface area contributed by atoms with Crippen molar-refractivity contribution in [2.24, 2.45) is 0 Å². The van der Waals surface area contributed by atoms with Gasteiger partial charge in [0.1, 0.15) is 5.15 Å². The molecule has 0 unspecified atom stereocenters. The van der Waals surface area contributed by atoms with Crippen LogP contribution in [-0.4, -0.2) is 15.7 Å². The maximum atomic E-state index is 5.75. The Morgan fingerprint density at radius 2 is 2.23 bits per heavy atom. The summed E-state index contributed by atoms with van der Waals surface area (Å²) in [6, 6.07) is 0. The number of aromatic nitrogens is 2. The minimum absolute atomic E-state index is 0.129. The van der Waals surface area contributed by atoms with E-state index in [1.165, 1.54) is 6.20 Å². The van der Waals surface area contributed by atoms with E-state index in [1.807, 2.05) is 0 Å². The molecule has 0 aliphatic rings. The van der Waals surface area contributed by atoms with E-state index in [2.05, 4.69) is 34.4 Å². The van der Waals surface area contributed by atoms with Crippen LogP contribution >= 0.6 is 35.8 Å². The number of hydrogen-bond acceptors (Lipinski definition) is 3. The van der Waals surface area contributed by atoms with E-state index in [9.17, 15) is 0 Å². The average Bonchev–Trinajstić information content (AvgIpc) is 2.09. The van der Waals surface area contributed by atoms with Crippen molar-refractivity contribution in [1.82, 2.24) is 9.97 Å². The molecule has 68 valence electrons. The zero-order valence-electron chi connectivity index (χ0n) is 6.59. The van der Waals surface area contributed by atoms with Crippen LogP contribution in [0.1, 0.15) is 12.0 Å². The average molecular weight is 233 g/mol. The Morgan fingerprint density at radius 1 is 1.46 bits per heavy atom. The lowest BCUT2D eigenvalue weighted by atomic mass is 10.3. The van der Waals surface area contributed by atoms with Gasteiger partial charge in [0.2, 0.25) is 5.28 Å². The molecule has 0 aliphatic carbocycles. The first-order valence-electron chi connectivity index (χ1n) is 3.52. The summed E-state index contributed by atoms with van der Waals surface area (Å²) in [4.78, 5) is 7.52. The molecule has 0 fully saturated rings. The van der Waals surface area contributed by atoms with Crippen LogP contribution in [0.5, 0.6) is 0 Å². The fourth-order valence-corrected chi connectivity index (χ4v) is 1.10. The highest BCUT2D eigenvalue weighted by Crippen LogP contribution is 2.12. The number of hydrogen-bond donors (Lipinski definition) is 1. The number of thiol groups is 1. The molecular formula is C8H6Cl2N2S. The topological polar surface area (TPSA) is 25.8 Å². The van der Waals surface area contributed by atoms with E-state index in [4.69, 9.17) is 23.2 Å². The monoisotopic (exact) mass is 232 g/mol. The lowest BCUT2D eigenvalue weighted by molar-refractivity contribution is 1.16. The predicted molar refractivity (Wildman–Crippen MR) is 57.4 cm³/mol. The van der Waals surface area contributed by atoms with E-state index in [0.717, 1.165) is 5.75 Å². The Kier molecular flexibility index (Phi) is 4.37. The van der Waals surface area contributed by atoms with Crippen molar-refractivity contribution in [2.45, 2.75) is 6.42 Å². The van der Waals surface area contributed by atoms with Crippen LogP contribution in [-0.2, 0) is 0 Å². The van der Waals surface area contributed by atoms with Crippen LogP contribution in [0.15, 0.2) is 6.20 Å². The zero-order valence-corrected chi connectivity index (χ0v) is 9.00. The van der Waals surface area contributed by atoms with Gasteiger partial charge in [-0.1, -0.05) is 23.4 Å².